The summed E-state index contributed by atoms with van der Waals surface area (Å²) in [7, 11) is 1.80. The lowest BCUT2D eigenvalue weighted by Crippen LogP contribution is -2.39. The summed E-state index contributed by atoms with van der Waals surface area (Å²) < 4.78 is 38.4. The molecule has 0 saturated carbocycles. The second kappa shape index (κ2) is 6.47. The van der Waals surface area contributed by atoms with Gasteiger partial charge in [0, 0.05) is 13.1 Å². The Morgan fingerprint density at radius 1 is 1.55 bits per heavy atom. The average Bonchev–Trinajstić information content (AvgIpc) is 2.46. The molecule has 0 aliphatic carbocycles. The number of alkyl halides is 3. The first-order valence-electron chi connectivity index (χ1n) is 6.94. The van der Waals surface area contributed by atoms with Gasteiger partial charge < -0.3 is 10.2 Å². The van der Waals surface area contributed by atoms with Crippen molar-refractivity contribution >= 4 is 11.4 Å². The van der Waals surface area contributed by atoms with Crippen LogP contribution in [0.5, 0.6) is 0 Å². The predicted molar refractivity (Wildman–Crippen MR) is 74.8 cm³/mol. The third-order valence-electron chi connectivity index (χ3n) is 3.70. The number of hydrogen-bond acceptors (Lipinski definition) is 5. The molecule has 0 amide bonds. The highest BCUT2D eigenvalue weighted by Gasteiger charge is 2.35. The highest BCUT2D eigenvalue weighted by Crippen LogP contribution is 2.36. The molecule has 0 radical (unpaired) electrons. The number of rotatable bonds is 4. The van der Waals surface area contributed by atoms with Crippen LogP contribution in [0.2, 0.25) is 0 Å². The van der Waals surface area contributed by atoms with E-state index in [0.717, 1.165) is 25.5 Å². The third kappa shape index (κ3) is 3.65. The van der Waals surface area contributed by atoms with Crippen LogP contribution in [0, 0.1) is 16.0 Å². The van der Waals surface area contributed by atoms with E-state index in [0.29, 0.717) is 19.3 Å². The van der Waals surface area contributed by atoms with Crippen LogP contribution in [0.15, 0.2) is 12.3 Å². The largest absolute Gasteiger partial charge is 0.433 e. The minimum atomic E-state index is -4.62. The number of hydrogen-bond donors (Lipinski definition) is 1. The lowest BCUT2D eigenvalue weighted by Gasteiger charge is -2.34. The molecular weight excluding hydrogens is 301 g/mol. The van der Waals surface area contributed by atoms with Crippen LogP contribution in [-0.2, 0) is 6.18 Å². The highest BCUT2D eigenvalue weighted by molar-refractivity contribution is 5.63. The zero-order valence-electron chi connectivity index (χ0n) is 12.1. The van der Waals surface area contributed by atoms with Crippen molar-refractivity contribution in [2.24, 2.45) is 5.92 Å². The van der Waals surface area contributed by atoms with Gasteiger partial charge >= 0.3 is 11.9 Å². The number of nitro groups is 1. The van der Waals surface area contributed by atoms with Gasteiger partial charge in [0.1, 0.15) is 17.6 Å². The SMILES string of the molecule is CNCC1CCCN(c2cc(C(F)(F)F)ncc2[N+](=O)[O-])C1. The lowest BCUT2D eigenvalue weighted by molar-refractivity contribution is -0.384. The molecular formula is C13H17F3N4O2. The van der Waals surface area contributed by atoms with Gasteiger partial charge in [-0.1, -0.05) is 0 Å². The standard InChI is InChI=1S/C13H17F3N4O2/c1-17-6-9-3-2-4-19(8-9)10-5-12(13(14,15)16)18-7-11(10)20(21)22/h5,7,9,17H,2-4,6,8H2,1H3. The van der Waals surface area contributed by atoms with E-state index >= 15 is 0 Å². The van der Waals surface area contributed by atoms with Crippen LogP contribution in [0.25, 0.3) is 0 Å². The van der Waals surface area contributed by atoms with Crippen molar-refractivity contribution in [2.45, 2.75) is 19.0 Å². The van der Waals surface area contributed by atoms with Crippen molar-refractivity contribution in [3.63, 3.8) is 0 Å². The molecule has 1 unspecified atom stereocenters. The Hall–Kier alpha value is -1.90. The number of halogens is 3. The predicted octanol–water partition coefficient (Wildman–Crippen LogP) is 2.44. The number of pyridine rings is 1. The molecule has 1 aliphatic heterocycles. The van der Waals surface area contributed by atoms with E-state index in [4.69, 9.17) is 0 Å². The van der Waals surface area contributed by atoms with Gasteiger partial charge in [-0.2, -0.15) is 13.2 Å². The molecule has 0 bridgehead atoms. The monoisotopic (exact) mass is 318 g/mol. The maximum atomic E-state index is 12.8. The average molecular weight is 318 g/mol. The van der Waals surface area contributed by atoms with E-state index in [1.54, 1.807) is 11.9 Å². The van der Waals surface area contributed by atoms with Gasteiger partial charge in [0.25, 0.3) is 0 Å². The summed E-state index contributed by atoms with van der Waals surface area (Å²) >= 11 is 0. The summed E-state index contributed by atoms with van der Waals surface area (Å²) in [5.74, 6) is 0.251. The Balaban J connectivity index is 2.36. The van der Waals surface area contributed by atoms with Crippen LogP contribution in [0.3, 0.4) is 0 Å². The van der Waals surface area contributed by atoms with Crippen LogP contribution in [-0.4, -0.2) is 36.6 Å². The molecule has 2 heterocycles. The molecule has 6 nitrogen and oxygen atoms in total. The van der Waals surface area contributed by atoms with Crippen LogP contribution in [0.1, 0.15) is 18.5 Å². The third-order valence-corrected chi connectivity index (χ3v) is 3.70. The zero-order valence-corrected chi connectivity index (χ0v) is 12.1. The molecule has 1 aliphatic rings. The van der Waals surface area contributed by atoms with E-state index in [9.17, 15) is 23.3 Å². The topological polar surface area (TPSA) is 71.3 Å². The van der Waals surface area contributed by atoms with Gasteiger partial charge in [-0.05, 0) is 38.4 Å². The van der Waals surface area contributed by atoms with Gasteiger partial charge in [-0.25, -0.2) is 4.98 Å². The first-order chi connectivity index (χ1) is 10.3. The smallest absolute Gasteiger partial charge is 0.366 e. The molecule has 0 aromatic carbocycles. The Labute approximate surface area is 125 Å². The summed E-state index contributed by atoms with van der Waals surface area (Å²) in [6.07, 6.45) is -2.20. The van der Waals surface area contributed by atoms with Gasteiger partial charge in [0.15, 0.2) is 0 Å². The van der Waals surface area contributed by atoms with Gasteiger partial charge in [0.2, 0.25) is 0 Å². The molecule has 1 atom stereocenters. The van der Waals surface area contributed by atoms with Gasteiger partial charge in [0.05, 0.1) is 4.92 Å². The van der Waals surface area contributed by atoms with Crippen molar-refractivity contribution in [1.29, 1.82) is 0 Å². The van der Waals surface area contributed by atoms with Gasteiger partial charge in [-0.15, -0.1) is 0 Å². The fraction of sp³-hybridized carbons (Fsp3) is 0.615. The molecule has 0 spiro atoms. The zero-order chi connectivity index (χ0) is 16.3. The number of aromatic nitrogens is 1. The first-order valence-corrected chi connectivity index (χ1v) is 6.94. The Morgan fingerprint density at radius 2 is 2.27 bits per heavy atom. The molecule has 2 rings (SSSR count). The summed E-state index contributed by atoms with van der Waals surface area (Å²) in [4.78, 5) is 15.2. The van der Waals surface area contributed by atoms with Gasteiger partial charge in [-0.3, -0.25) is 10.1 Å². The number of piperidine rings is 1. The molecule has 1 aromatic rings. The Morgan fingerprint density at radius 3 is 2.86 bits per heavy atom. The quantitative estimate of drug-likeness (QED) is 0.682. The molecule has 1 fully saturated rings. The second-order valence-corrected chi connectivity index (χ2v) is 5.33. The second-order valence-electron chi connectivity index (χ2n) is 5.33. The summed E-state index contributed by atoms with van der Waals surface area (Å²) in [5.41, 5.74) is -1.50. The number of anilines is 1. The van der Waals surface area contributed by atoms with Crippen molar-refractivity contribution in [2.75, 3.05) is 31.6 Å². The van der Waals surface area contributed by atoms with E-state index < -0.39 is 22.5 Å². The summed E-state index contributed by atoms with van der Waals surface area (Å²) in [6.45, 7) is 1.72. The Kier molecular flexibility index (Phi) is 4.84. The first kappa shape index (κ1) is 16.5. The molecule has 1 aromatic heterocycles. The molecule has 9 heteroatoms. The minimum absolute atomic E-state index is 0.00636. The normalized spacial score (nSPS) is 19.3. The van der Waals surface area contributed by atoms with E-state index in [-0.39, 0.29) is 11.6 Å². The molecule has 1 saturated heterocycles. The number of nitrogens with zero attached hydrogens (tertiary/aromatic N) is 3. The van der Waals surface area contributed by atoms with Crippen LogP contribution >= 0.6 is 0 Å². The fourth-order valence-corrected chi connectivity index (χ4v) is 2.73. The van der Waals surface area contributed by atoms with Crippen LogP contribution < -0.4 is 10.2 Å². The lowest BCUT2D eigenvalue weighted by atomic mass is 9.97. The van der Waals surface area contributed by atoms with Crippen LogP contribution in [0.4, 0.5) is 24.5 Å². The Bertz CT molecular complexity index is 549. The van der Waals surface area contributed by atoms with Crippen molar-refractivity contribution in [3.8, 4) is 0 Å². The fourth-order valence-electron chi connectivity index (χ4n) is 2.73. The van der Waals surface area contributed by atoms with Crippen molar-refractivity contribution in [1.82, 2.24) is 10.3 Å². The highest BCUT2D eigenvalue weighted by atomic mass is 19.4. The number of nitrogens with one attached hydrogen (secondary N) is 1. The maximum absolute atomic E-state index is 12.8. The van der Waals surface area contributed by atoms with E-state index in [1.165, 1.54) is 0 Å². The maximum Gasteiger partial charge on any atom is 0.433 e. The molecule has 22 heavy (non-hydrogen) atoms. The summed E-state index contributed by atoms with van der Waals surface area (Å²) in [6, 6.07) is 0.778. The summed E-state index contributed by atoms with van der Waals surface area (Å²) in [5, 5.41) is 14.1. The molecule has 1 N–H and O–H groups in total. The van der Waals surface area contributed by atoms with E-state index in [2.05, 4.69) is 10.3 Å². The van der Waals surface area contributed by atoms with Crippen molar-refractivity contribution in [3.05, 3.63) is 28.1 Å². The van der Waals surface area contributed by atoms with Crippen molar-refractivity contribution < 1.29 is 18.1 Å². The minimum Gasteiger partial charge on any atom is -0.366 e. The van der Waals surface area contributed by atoms with E-state index in [1.807, 2.05) is 0 Å². The molecule has 122 valence electrons.